The van der Waals surface area contributed by atoms with Gasteiger partial charge in [0.05, 0.1) is 0 Å². The van der Waals surface area contributed by atoms with E-state index in [0.29, 0.717) is 17.1 Å². The number of ether oxygens (including phenoxy) is 1. The summed E-state index contributed by atoms with van der Waals surface area (Å²) in [6.45, 7) is 1.92. The first kappa shape index (κ1) is 17.6. The van der Waals surface area contributed by atoms with Gasteiger partial charge in [-0.15, -0.1) is 0 Å². The number of hydrogen-bond acceptors (Lipinski definition) is 4. The molecular weight excluding hydrogens is 352 g/mol. The summed E-state index contributed by atoms with van der Waals surface area (Å²) in [4.78, 5) is 12.1. The van der Waals surface area contributed by atoms with Gasteiger partial charge in [-0.2, -0.15) is 0 Å². The average Bonchev–Trinajstić information content (AvgIpc) is 3.32. The van der Waals surface area contributed by atoms with E-state index in [-0.39, 0.29) is 6.61 Å². The minimum absolute atomic E-state index is 0.182. The number of benzene rings is 2. The predicted molar refractivity (Wildman–Crippen MR) is 107 cm³/mol. The summed E-state index contributed by atoms with van der Waals surface area (Å²) in [5.41, 5.74) is 5.24. The third-order valence-electron chi connectivity index (χ3n) is 4.40. The largest absolute Gasteiger partial charge is 0.444 e. The highest BCUT2D eigenvalue weighted by atomic mass is 16.5. The molecule has 4 rings (SSSR count). The molecule has 0 unspecified atom stereocenters. The van der Waals surface area contributed by atoms with Gasteiger partial charge in [-0.3, -0.25) is 5.32 Å². The molecule has 28 heavy (non-hydrogen) atoms. The summed E-state index contributed by atoms with van der Waals surface area (Å²) in [5.74, 6) is 6.32. The van der Waals surface area contributed by atoms with Crippen LogP contribution >= 0.6 is 0 Å². The molecule has 0 aliphatic heterocycles. The first-order valence-electron chi connectivity index (χ1n) is 8.94. The van der Waals surface area contributed by atoms with E-state index < -0.39 is 6.09 Å². The van der Waals surface area contributed by atoms with Crippen LogP contribution in [0.3, 0.4) is 0 Å². The number of allylic oxidation sites excluding steroid dienone is 1. The van der Waals surface area contributed by atoms with Crippen molar-refractivity contribution in [3.8, 4) is 11.8 Å². The second-order valence-corrected chi connectivity index (χ2v) is 6.43. The maximum atomic E-state index is 12.1. The Hall–Kier alpha value is -3.78. The van der Waals surface area contributed by atoms with E-state index in [2.05, 4.69) is 46.6 Å². The van der Waals surface area contributed by atoms with Gasteiger partial charge in [0.25, 0.3) is 0 Å². The van der Waals surface area contributed by atoms with Gasteiger partial charge in [-0.1, -0.05) is 59.6 Å². The lowest BCUT2D eigenvalue weighted by Crippen LogP contribution is -2.14. The fourth-order valence-corrected chi connectivity index (χ4v) is 2.93. The molecule has 1 aromatic heterocycles. The Labute approximate surface area is 163 Å². The van der Waals surface area contributed by atoms with E-state index in [1.807, 2.05) is 36.4 Å². The lowest BCUT2D eigenvalue weighted by molar-refractivity contribution is 0.155. The van der Waals surface area contributed by atoms with Crippen LogP contribution in [0.5, 0.6) is 0 Å². The van der Waals surface area contributed by atoms with Crippen molar-refractivity contribution in [2.75, 3.05) is 5.32 Å². The lowest BCUT2D eigenvalue weighted by atomic mass is 10.1. The molecule has 0 saturated heterocycles. The monoisotopic (exact) mass is 370 g/mol. The van der Waals surface area contributed by atoms with Gasteiger partial charge in [0.2, 0.25) is 5.76 Å². The number of fused-ring (bicyclic) bond motifs is 1. The Kier molecular flexibility index (Phi) is 4.94. The first-order chi connectivity index (χ1) is 13.7. The van der Waals surface area contributed by atoms with Crippen molar-refractivity contribution in [2.24, 2.45) is 0 Å². The van der Waals surface area contributed by atoms with E-state index in [1.54, 1.807) is 6.92 Å². The van der Waals surface area contributed by atoms with Crippen LogP contribution in [0.4, 0.5) is 10.5 Å². The van der Waals surface area contributed by atoms with Crippen LogP contribution in [-0.2, 0) is 17.8 Å². The molecule has 0 atom stereocenters. The number of amides is 1. The molecule has 2 aromatic carbocycles. The zero-order valence-electron chi connectivity index (χ0n) is 15.4. The number of nitrogens with one attached hydrogen (secondary N) is 1. The van der Waals surface area contributed by atoms with Crippen LogP contribution in [0.15, 0.2) is 59.1 Å². The van der Waals surface area contributed by atoms with Gasteiger partial charge in [-0.25, -0.2) is 4.79 Å². The van der Waals surface area contributed by atoms with Crippen molar-refractivity contribution in [1.29, 1.82) is 0 Å². The quantitative estimate of drug-likeness (QED) is 0.679. The highest BCUT2D eigenvalue weighted by Gasteiger charge is 2.15. The summed E-state index contributed by atoms with van der Waals surface area (Å²) >= 11 is 0. The Balaban J connectivity index is 1.45. The van der Waals surface area contributed by atoms with Gasteiger partial charge in [0.1, 0.15) is 18.0 Å². The number of hydrogen-bond donors (Lipinski definition) is 1. The minimum atomic E-state index is -0.582. The third-order valence-corrected chi connectivity index (χ3v) is 4.40. The summed E-state index contributed by atoms with van der Waals surface area (Å²) in [6.07, 6.45) is 4.58. The highest BCUT2D eigenvalue weighted by molar-refractivity contribution is 5.86. The third kappa shape index (κ3) is 3.97. The van der Waals surface area contributed by atoms with Crippen molar-refractivity contribution >= 4 is 17.9 Å². The molecule has 1 N–H and O–H groups in total. The van der Waals surface area contributed by atoms with Crippen LogP contribution in [0.1, 0.15) is 33.7 Å². The zero-order valence-corrected chi connectivity index (χ0v) is 15.4. The summed E-state index contributed by atoms with van der Waals surface area (Å²) in [5, 5.41) is 6.58. The number of nitrogens with zero attached hydrogens (tertiary/aromatic N) is 1. The number of aryl methyl sites for hydroxylation is 1. The number of carbonyl (C=O) groups excluding carboxylic acids is 1. The van der Waals surface area contributed by atoms with Crippen molar-refractivity contribution in [1.82, 2.24) is 5.16 Å². The number of aromatic nitrogens is 1. The lowest BCUT2D eigenvalue weighted by Gasteiger charge is -2.06. The van der Waals surface area contributed by atoms with Crippen LogP contribution in [0.25, 0.3) is 6.08 Å². The SMILES string of the molecule is Cc1noc(C#Cc2ccc3c(c2)CC=C3)c1NC(=O)OCc1ccccc1. The average molecular weight is 370 g/mol. The van der Waals surface area contributed by atoms with Gasteiger partial charge < -0.3 is 9.26 Å². The van der Waals surface area contributed by atoms with E-state index >= 15 is 0 Å². The molecule has 0 fully saturated rings. The van der Waals surface area contributed by atoms with Gasteiger partial charge in [0, 0.05) is 5.56 Å². The molecule has 1 aliphatic rings. The summed E-state index contributed by atoms with van der Waals surface area (Å²) in [6, 6.07) is 15.6. The molecular formula is C23H18N2O3. The summed E-state index contributed by atoms with van der Waals surface area (Å²) in [7, 11) is 0. The van der Waals surface area contributed by atoms with E-state index in [9.17, 15) is 4.79 Å². The molecule has 5 nitrogen and oxygen atoms in total. The second-order valence-electron chi connectivity index (χ2n) is 6.43. The minimum Gasteiger partial charge on any atom is -0.444 e. The smallest absolute Gasteiger partial charge is 0.412 e. The maximum Gasteiger partial charge on any atom is 0.412 e. The number of carbonyl (C=O) groups is 1. The molecule has 1 aliphatic carbocycles. The van der Waals surface area contributed by atoms with Crippen molar-refractivity contribution in [3.63, 3.8) is 0 Å². The molecule has 5 heteroatoms. The van der Waals surface area contributed by atoms with Crippen molar-refractivity contribution in [3.05, 3.63) is 88.3 Å². The van der Waals surface area contributed by atoms with E-state index in [4.69, 9.17) is 9.26 Å². The van der Waals surface area contributed by atoms with Gasteiger partial charge in [-0.05, 0) is 48.1 Å². The van der Waals surface area contributed by atoms with Crippen molar-refractivity contribution < 1.29 is 14.1 Å². The zero-order chi connectivity index (χ0) is 19.3. The Morgan fingerprint density at radius 3 is 2.93 bits per heavy atom. The Bertz CT molecular complexity index is 1100. The van der Waals surface area contributed by atoms with Crippen LogP contribution in [0, 0.1) is 18.8 Å². The second kappa shape index (κ2) is 7.85. The number of anilines is 1. The molecule has 1 amide bonds. The summed E-state index contributed by atoms with van der Waals surface area (Å²) < 4.78 is 10.5. The predicted octanol–water partition coefficient (Wildman–Crippen LogP) is 4.70. The normalized spacial score (nSPS) is 11.5. The molecule has 1 heterocycles. The topological polar surface area (TPSA) is 64.4 Å². The fourth-order valence-electron chi connectivity index (χ4n) is 2.93. The van der Waals surface area contributed by atoms with Crippen LogP contribution < -0.4 is 5.32 Å². The standard InChI is InChI=1S/C23H18N2O3/c1-16-22(24-23(26)27-15-18-6-3-2-4-7-18)21(28-25-16)13-11-17-10-12-19-8-5-9-20(19)14-17/h2-8,10,12,14H,9,15H2,1H3,(H,24,26). The van der Waals surface area contributed by atoms with Gasteiger partial charge >= 0.3 is 6.09 Å². The highest BCUT2D eigenvalue weighted by Crippen LogP contribution is 2.22. The fraction of sp³-hybridized carbons (Fsp3) is 0.130. The van der Waals surface area contributed by atoms with E-state index in [0.717, 1.165) is 17.5 Å². The van der Waals surface area contributed by atoms with Crippen LogP contribution in [0.2, 0.25) is 0 Å². The molecule has 138 valence electrons. The molecule has 0 saturated carbocycles. The van der Waals surface area contributed by atoms with Gasteiger partial charge in [0.15, 0.2) is 0 Å². The first-order valence-corrected chi connectivity index (χ1v) is 8.94. The molecule has 0 radical (unpaired) electrons. The Morgan fingerprint density at radius 2 is 2.07 bits per heavy atom. The molecule has 0 bridgehead atoms. The van der Waals surface area contributed by atoms with Crippen molar-refractivity contribution in [2.45, 2.75) is 20.0 Å². The Morgan fingerprint density at radius 1 is 1.21 bits per heavy atom. The number of rotatable bonds is 3. The maximum absolute atomic E-state index is 12.1. The van der Waals surface area contributed by atoms with Crippen LogP contribution in [-0.4, -0.2) is 11.2 Å². The molecule has 3 aromatic rings. The molecule has 0 spiro atoms. The van der Waals surface area contributed by atoms with E-state index in [1.165, 1.54) is 11.1 Å².